The van der Waals surface area contributed by atoms with Crippen LogP contribution in [-0.2, 0) is 6.42 Å². The van der Waals surface area contributed by atoms with Gasteiger partial charge < -0.3 is 4.74 Å². The second-order valence-corrected chi connectivity index (χ2v) is 6.21. The van der Waals surface area contributed by atoms with E-state index in [0.717, 1.165) is 12.2 Å². The molecule has 0 saturated heterocycles. The van der Waals surface area contributed by atoms with Gasteiger partial charge in [0, 0.05) is 5.56 Å². The van der Waals surface area contributed by atoms with E-state index in [0.29, 0.717) is 0 Å². The predicted molar refractivity (Wildman–Crippen MR) is 90.0 cm³/mol. The van der Waals surface area contributed by atoms with Gasteiger partial charge in [0.2, 0.25) is 0 Å². The highest BCUT2D eigenvalue weighted by atomic mass is 16.5. The SMILES string of the molecule is COc1c(C)cc2c(c1-c1cc(C)cc(C)c1)CC(C)=C2. The number of aryl methyl sites for hydroxylation is 3. The molecule has 21 heavy (non-hydrogen) atoms. The molecule has 0 aromatic heterocycles. The average Bonchev–Trinajstić information content (AvgIpc) is 2.75. The van der Waals surface area contributed by atoms with E-state index in [9.17, 15) is 0 Å². The van der Waals surface area contributed by atoms with Gasteiger partial charge in [0.25, 0.3) is 0 Å². The fourth-order valence-corrected chi connectivity index (χ4v) is 3.47. The largest absolute Gasteiger partial charge is 0.496 e. The van der Waals surface area contributed by atoms with Crippen molar-refractivity contribution in [2.24, 2.45) is 0 Å². The van der Waals surface area contributed by atoms with Crippen LogP contribution < -0.4 is 4.74 Å². The second kappa shape index (κ2) is 5.07. The molecule has 0 atom stereocenters. The molecule has 0 N–H and O–H groups in total. The fraction of sp³-hybridized carbons (Fsp3) is 0.300. The van der Waals surface area contributed by atoms with Gasteiger partial charge in [-0.2, -0.15) is 0 Å². The van der Waals surface area contributed by atoms with E-state index >= 15 is 0 Å². The van der Waals surface area contributed by atoms with Crippen molar-refractivity contribution in [3.63, 3.8) is 0 Å². The summed E-state index contributed by atoms with van der Waals surface area (Å²) >= 11 is 0. The van der Waals surface area contributed by atoms with Gasteiger partial charge in [0.05, 0.1) is 7.11 Å². The Bertz CT molecular complexity index is 731. The summed E-state index contributed by atoms with van der Waals surface area (Å²) in [5, 5.41) is 0. The molecule has 3 rings (SSSR count). The molecule has 0 saturated carbocycles. The number of rotatable bonds is 2. The van der Waals surface area contributed by atoms with Crippen LogP contribution in [0.1, 0.15) is 34.7 Å². The number of hydrogen-bond donors (Lipinski definition) is 0. The van der Waals surface area contributed by atoms with Crippen molar-refractivity contribution in [3.05, 3.63) is 57.7 Å². The zero-order valence-electron chi connectivity index (χ0n) is 13.5. The average molecular weight is 278 g/mol. The van der Waals surface area contributed by atoms with Gasteiger partial charge in [0.1, 0.15) is 5.75 Å². The Hall–Kier alpha value is -2.02. The van der Waals surface area contributed by atoms with E-state index in [2.05, 4.69) is 58.0 Å². The monoisotopic (exact) mass is 278 g/mol. The second-order valence-electron chi connectivity index (χ2n) is 6.21. The van der Waals surface area contributed by atoms with Crippen LogP contribution in [-0.4, -0.2) is 7.11 Å². The van der Waals surface area contributed by atoms with E-state index in [1.54, 1.807) is 7.11 Å². The van der Waals surface area contributed by atoms with Crippen molar-refractivity contribution < 1.29 is 4.74 Å². The molecule has 0 fully saturated rings. The lowest BCUT2D eigenvalue weighted by Gasteiger charge is -2.18. The molecule has 1 heteroatoms. The van der Waals surface area contributed by atoms with Gasteiger partial charge in [0.15, 0.2) is 0 Å². The predicted octanol–water partition coefficient (Wildman–Crippen LogP) is 5.25. The lowest BCUT2D eigenvalue weighted by molar-refractivity contribution is 0.413. The van der Waals surface area contributed by atoms with E-state index in [4.69, 9.17) is 4.74 Å². The maximum absolute atomic E-state index is 5.75. The Morgan fingerprint density at radius 3 is 2.19 bits per heavy atom. The minimum atomic E-state index is 1.02. The van der Waals surface area contributed by atoms with Crippen molar-refractivity contribution in [2.75, 3.05) is 7.11 Å². The summed E-state index contributed by atoms with van der Waals surface area (Å²) < 4.78 is 5.75. The fourth-order valence-electron chi connectivity index (χ4n) is 3.47. The number of allylic oxidation sites excluding steroid dienone is 1. The molecular formula is C20H22O. The van der Waals surface area contributed by atoms with Gasteiger partial charge in [-0.1, -0.05) is 41.0 Å². The molecule has 1 aliphatic carbocycles. The quantitative estimate of drug-likeness (QED) is 0.729. The first-order valence-corrected chi connectivity index (χ1v) is 7.46. The first-order valence-electron chi connectivity index (χ1n) is 7.46. The summed E-state index contributed by atoms with van der Waals surface area (Å²) in [6.45, 7) is 8.64. The highest BCUT2D eigenvalue weighted by Gasteiger charge is 2.21. The third-order valence-corrected chi connectivity index (χ3v) is 4.18. The summed E-state index contributed by atoms with van der Waals surface area (Å²) in [4.78, 5) is 0. The molecule has 2 aromatic rings. The number of ether oxygens (including phenoxy) is 1. The van der Waals surface area contributed by atoms with Crippen LogP contribution in [0.2, 0.25) is 0 Å². The van der Waals surface area contributed by atoms with E-state index in [1.807, 2.05) is 0 Å². The lowest BCUT2D eigenvalue weighted by Crippen LogP contribution is -1.98. The number of fused-ring (bicyclic) bond motifs is 1. The van der Waals surface area contributed by atoms with Crippen molar-refractivity contribution in [1.29, 1.82) is 0 Å². The smallest absolute Gasteiger partial charge is 0.129 e. The van der Waals surface area contributed by atoms with Gasteiger partial charge in [-0.05, 0) is 62.4 Å². The van der Waals surface area contributed by atoms with Crippen LogP contribution in [0.3, 0.4) is 0 Å². The third-order valence-electron chi connectivity index (χ3n) is 4.18. The number of benzene rings is 2. The minimum Gasteiger partial charge on any atom is -0.496 e. The van der Waals surface area contributed by atoms with Crippen molar-refractivity contribution >= 4 is 6.08 Å². The topological polar surface area (TPSA) is 9.23 Å². The highest BCUT2D eigenvalue weighted by Crippen LogP contribution is 2.42. The molecule has 0 unspecified atom stereocenters. The highest BCUT2D eigenvalue weighted by molar-refractivity contribution is 5.83. The summed E-state index contributed by atoms with van der Waals surface area (Å²) in [6.07, 6.45) is 3.32. The molecule has 2 aromatic carbocycles. The Morgan fingerprint density at radius 2 is 1.57 bits per heavy atom. The molecule has 0 amide bonds. The van der Waals surface area contributed by atoms with Gasteiger partial charge in [-0.15, -0.1) is 0 Å². The maximum Gasteiger partial charge on any atom is 0.129 e. The Morgan fingerprint density at radius 1 is 0.905 bits per heavy atom. The van der Waals surface area contributed by atoms with E-state index < -0.39 is 0 Å². The summed E-state index contributed by atoms with van der Waals surface area (Å²) in [5.74, 6) is 1.02. The lowest BCUT2D eigenvalue weighted by atomic mass is 9.91. The van der Waals surface area contributed by atoms with Crippen LogP contribution in [0, 0.1) is 20.8 Å². The van der Waals surface area contributed by atoms with Gasteiger partial charge >= 0.3 is 0 Å². The van der Waals surface area contributed by atoms with Crippen LogP contribution >= 0.6 is 0 Å². The normalized spacial score (nSPS) is 13.1. The number of methoxy groups -OCH3 is 1. The first-order chi connectivity index (χ1) is 9.99. The van der Waals surface area contributed by atoms with Gasteiger partial charge in [-0.3, -0.25) is 0 Å². The van der Waals surface area contributed by atoms with Crippen molar-refractivity contribution in [2.45, 2.75) is 34.1 Å². The standard InChI is InChI=1S/C20H22O/c1-12-6-13(2)9-17(8-12)19-18-10-14(3)7-16(18)11-15(4)20(19)21-5/h6-9,11H,10H2,1-5H3. The summed E-state index contributed by atoms with van der Waals surface area (Å²) in [5.41, 5.74) is 10.5. The van der Waals surface area contributed by atoms with Crippen LogP contribution in [0.4, 0.5) is 0 Å². The molecular weight excluding hydrogens is 256 g/mol. The molecule has 0 aliphatic heterocycles. The van der Waals surface area contributed by atoms with E-state index in [-0.39, 0.29) is 0 Å². The Kier molecular flexibility index (Phi) is 3.36. The molecule has 1 aliphatic rings. The molecule has 108 valence electrons. The maximum atomic E-state index is 5.75. The third kappa shape index (κ3) is 2.37. The number of hydrogen-bond acceptors (Lipinski definition) is 1. The summed E-state index contributed by atoms with van der Waals surface area (Å²) in [7, 11) is 1.77. The van der Waals surface area contributed by atoms with Crippen LogP contribution in [0.15, 0.2) is 29.8 Å². The van der Waals surface area contributed by atoms with Crippen molar-refractivity contribution in [1.82, 2.24) is 0 Å². The van der Waals surface area contributed by atoms with Crippen molar-refractivity contribution in [3.8, 4) is 16.9 Å². The minimum absolute atomic E-state index is 1.02. The zero-order valence-corrected chi connectivity index (χ0v) is 13.5. The Labute approximate surface area is 127 Å². The molecule has 0 heterocycles. The zero-order chi connectivity index (χ0) is 15.1. The first kappa shape index (κ1) is 13.9. The molecule has 0 bridgehead atoms. The Balaban J connectivity index is 2.32. The van der Waals surface area contributed by atoms with Crippen LogP contribution in [0.25, 0.3) is 17.2 Å². The van der Waals surface area contributed by atoms with Gasteiger partial charge in [-0.25, -0.2) is 0 Å². The molecule has 0 spiro atoms. The van der Waals surface area contributed by atoms with Crippen LogP contribution in [0.5, 0.6) is 5.75 Å². The van der Waals surface area contributed by atoms with E-state index in [1.165, 1.54) is 44.5 Å². The molecule has 0 radical (unpaired) electrons. The summed E-state index contributed by atoms with van der Waals surface area (Å²) in [6, 6.07) is 8.99. The molecule has 1 nitrogen and oxygen atoms in total.